The summed E-state index contributed by atoms with van der Waals surface area (Å²) in [5.41, 5.74) is 3.73. The molecule has 0 bridgehead atoms. The van der Waals surface area contributed by atoms with Gasteiger partial charge >= 0.3 is 5.97 Å². The van der Waals surface area contributed by atoms with Crippen LogP contribution in [0.3, 0.4) is 0 Å². The number of ether oxygens (including phenoxy) is 1. The van der Waals surface area contributed by atoms with Crippen LogP contribution in [-0.2, 0) is 9.53 Å². The first kappa shape index (κ1) is 27.0. The monoisotopic (exact) mass is 468 g/mol. The highest BCUT2D eigenvalue weighted by Gasteiger charge is 2.50. The van der Waals surface area contributed by atoms with Crippen LogP contribution in [0.15, 0.2) is 47.6 Å². The van der Waals surface area contributed by atoms with E-state index in [1.165, 1.54) is 25.7 Å². The van der Waals surface area contributed by atoms with Crippen molar-refractivity contribution in [1.82, 2.24) is 0 Å². The number of fused-ring (bicyclic) bond motifs is 1. The van der Waals surface area contributed by atoms with Crippen molar-refractivity contribution in [1.29, 1.82) is 0 Å². The second-order valence-electron chi connectivity index (χ2n) is 11.8. The molecule has 1 N–H and O–H groups in total. The Kier molecular flexibility index (Phi) is 9.06. The normalized spacial score (nSPS) is 36.3. The minimum atomic E-state index is -0.638. The second-order valence-corrected chi connectivity index (χ2v) is 11.8. The van der Waals surface area contributed by atoms with Gasteiger partial charge in [0.05, 0.1) is 6.10 Å². The summed E-state index contributed by atoms with van der Waals surface area (Å²) in [6.07, 6.45) is 16.3. The summed E-state index contributed by atoms with van der Waals surface area (Å²) in [5.74, 6) is 3.08. The van der Waals surface area contributed by atoms with Crippen LogP contribution in [0.5, 0.6) is 0 Å². The van der Waals surface area contributed by atoms with Crippen LogP contribution in [0.1, 0.15) is 92.9 Å². The lowest BCUT2D eigenvalue weighted by molar-refractivity contribution is -0.150. The molecule has 3 fully saturated rings. The van der Waals surface area contributed by atoms with Crippen LogP contribution in [0.2, 0.25) is 0 Å². The Bertz CT molecular complexity index is 832. The van der Waals surface area contributed by atoms with Gasteiger partial charge in [-0.1, -0.05) is 78.0 Å². The third-order valence-electron chi connectivity index (χ3n) is 9.28. The molecule has 0 aromatic heterocycles. The highest BCUT2D eigenvalue weighted by atomic mass is 16.5. The van der Waals surface area contributed by atoms with Crippen LogP contribution in [0, 0.1) is 35.0 Å². The lowest BCUT2D eigenvalue weighted by atomic mass is 9.61. The number of hydrogen-bond acceptors (Lipinski definition) is 3. The zero-order valence-electron chi connectivity index (χ0n) is 22.5. The molecule has 3 nitrogen and oxygen atoms in total. The fourth-order valence-corrected chi connectivity index (χ4v) is 6.66. The van der Waals surface area contributed by atoms with Crippen LogP contribution < -0.4 is 0 Å². The predicted octanol–water partition coefficient (Wildman–Crippen LogP) is 7.57. The van der Waals surface area contributed by atoms with Crippen LogP contribution in [-0.4, -0.2) is 23.3 Å². The van der Waals surface area contributed by atoms with Crippen LogP contribution >= 0.6 is 0 Å². The Balaban J connectivity index is 1.76. The molecule has 0 aromatic carbocycles. The van der Waals surface area contributed by atoms with Crippen molar-refractivity contribution < 1.29 is 14.6 Å². The number of carbonyl (C=O) groups excluding carboxylic acids is 1. The molecule has 0 aromatic rings. The first-order chi connectivity index (χ1) is 16.1. The molecule has 0 amide bonds. The highest BCUT2D eigenvalue weighted by Crippen LogP contribution is 2.59. The molecule has 0 radical (unpaired) electrons. The zero-order chi connectivity index (χ0) is 25.0. The topological polar surface area (TPSA) is 46.5 Å². The Hall–Kier alpha value is -1.61. The zero-order valence-corrected chi connectivity index (χ0v) is 22.5. The first-order valence-electron chi connectivity index (χ1n) is 13.7. The number of esters is 1. The van der Waals surface area contributed by atoms with Gasteiger partial charge in [-0.3, -0.25) is 4.79 Å². The van der Waals surface area contributed by atoms with Gasteiger partial charge in [-0.25, -0.2) is 0 Å². The lowest BCUT2D eigenvalue weighted by Crippen LogP contribution is -2.35. The average Bonchev–Trinajstić information content (AvgIpc) is 3.15. The maximum Gasteiger partial charge on any atom is 0.305 e. The molecule has 3 heteroatoms. The number of aliphatic hydroxyl groups excluding tert-OH is 1. The van der Waals surface area contributed by atoms with Gasteiger partial charge in [0.2, 0.25) is 0 Å². The molecule has 3 aliphatic carbocycles. The van der Waals surface area contributed by atoms with Crippen molar-refractivity contribution in [2.24, 2.45) is 35.0 Å². The molecule has 34 heavy (non-hydrogen) atoms. The SMILES string of the molecule is C=C1/C(=C/C=C2/CCC[C@]3(C)[C@@H]([C@H](C)/C=C/[C@H](C)C(C)C)CC[C@@H]23)C[C@@H](OC(=O)CC)C[C@@H]1O. The second kappa shape index (κ2) is 11.4. The van der Waals surface area contributed by atoms with Gasteiger partial charge in [-0.15, -0.1) is 0 Å². The Morgan fingerprint density at radius 2 is 1.94 bits per heavy atom. The number of aliphatic hydroxyl groups is 1. The van der Waals surface area contributed by atoms with E-state index in [1.807, 2.05) is 0 Å². The van der Waals surface area contributed by atoms with E-state index in [1.54, 1.807) is 12.5 Å². The molecular weight excluding hydrogens is 420 g/mol. The van der Waals surface area contributed by atoms with E-state index in [2.05, 4.69) is 65.5 Å². The average molecular weight is 469 g/mol. The van der Waals surface area contributed by atoms with Gasteiger partial charge in [-0.2, -0.15) is 0 Å². The first-order valence-corrected chi connectivity index (χ1v) is 13.7. The number of carbonyl (C=O) groups is 1. The Morgan fingerprint density at radius 3 is 2.62 bits per heavy atom. The van der Waals surface area contributed by atoms with E-state index in [-0.39, 0.29) is 12.1 Å². The van der Waals surface area contributed by atoms with Crippen molar-refractivity contribution in [3.63, 3.8) is 0 Å². The molecule has 0 spiro atoms. The van der Waals surface area contributed by atoms with Crippen LogP contribution in [0.4, 0.5) is 0 Å². The molecule has 7 atom stereocenters. The summed E-state index contributed by atoms with van der Waals surface area (Å²) in [7, 11) is 0. The van der Waals surface area contributed by atoms with Gasteiger partial charge in [0.1, 0.15) is 6.10 Å². The van der Waals surface area contributed by atoms with E-state index in [0.29, 0.717) is 48.3 Å². The summed E-state index contributed by atoms with van der Waals surface area (Å²) in [6, 6.07) is 0. The molecule has 190 valence electrons. The molecule has 0 saturated heterocycles. The maximum atomic E-state index is 11.8. The minimum Gasteiger partial charge on any atom is -0.462 e. The van der Waals surface area contributed by atoms with Gasteiger partial charge in [0.25, 0.3) is 0 Å². The molecular formula is C31H48O3. The third kappa shape index (κ3) is 5.96. The quantitative estimate of drug-likeness (QED) is 0.309. The van der Waals surface area contributed by atoms with E-state index in [0.717, 1.165) is 23.5 Å². The van der Waals surface area contributed by atoms with E-state index < -0.39 is 6.10 Å². The van der Waals surface area contributed by atoms with Gasteiger partial charge < -0.3 is 9.84 Å². The summed E-state index contributed by atoms with van der Waals surface area (Å²) in [6.45, 7) is 17.8. The highest BCUT2D eigenvalue weighted by molar-refractivity contribution is 5.69. The predicted molar refractivity (Wildman–Crippen MR) is 141 cm³/mol. The molecule has 0 heterocycles. The Labute approximate surface area is 208 Å². The summed E-state index contributed by atoms with van der Waals surface area (Å²) in [5, 5.41) is 10.5. The third-order valence-corrected chi connectivity index (χ3v) is 9.28. The smallest absolute Gasteiger partial charge is 0.305 e. The van der Waals surface area contributed by atoms with Gasteiger partial charge in [0.15, 0.2) is 0 Å². The summed E-state index contributed by atoms with van der Waals surface area (Å²) < 4.78 is 5.55. The maximum absolute atomic E-state index is 11.8. The minimum absolute atomic E-state index is 0.201. The standard InChI is InChI=1S/C31H48O3/c1-8-30(33)34-26-18-25(23(6)29(32)19-26)14-13-24-10-9-17-31(7)27(15-16-28(24)31)22(5)12-11-21(4)20(2)3/h11-14,20-22,26-29,32H,6,8-10,15-19H2,1-5,7H3/b12-11+,24-13-,25-14+/t21-,22+,26+,27+,28-,29-,31+/m0/s1. The van der Waals surface area contributed by atoms with Crippen molar-refractivity contribution in [2.45, 2.75) is 105 Å². The van der Waals surface area contributed by atoms with Crippen molar-refractivity contribution in [2.75, 3.05) is 0 Å². The van der Waals surface area contributed by atoms with Gasteiger partial charge in [-0.05, 0) is 78.3 Å². The number of rotatable bonds is 7. The Morgan fingerprint density at radius 1 is 1.21 bits per heavy atom. The number of hydrogen-bond donors (Lipinski definition) is 1. The fraction of sp³-hybridized carbons (Fsp3) is 0.710. The summed E-state index contributed by atoms with van der Waals surface area (Å²) in [4.78, 5) is 11.8. The molecule has 3 rings (SSSR count). The van der Waals surface area contributed by atoms with E-state index in [9.17, 15) is 9.90 Å². The van der Waals surface area contributed by atoms with Crippen molar-refractivity contribution >= 4 is 5.97 Å². The van der Waals surface area contributed by atoms with Crippen molar-refractivity contribution in [3.05, 3.63) is 47.6 Å². The number of allylic oxidation sites excluding steroid dienone is 5. The van der Waals surface area contributed by atoms with E-state index >= 15 is 0 Å². The molecule has 3 saturated carbocycles. The van der Waals surface area contributed by atoms with E-state index in [4.69, 9.17) is 4.74 Å². The van der Waals surface area contributed by atoms with Crippen LogP contribution in [0.25, 0.3) is 0 Å². The largest absolute Gasteiger partial charge is 0.462 e. The summed E-state index contributed by atoms with van der Waals surface area (Å²) >= 11 is 0. The molecule has 0 aliphatic heterocycles. The lowest BCUT2D eigenvalue weighted by Gasteiger charge is -2.44. The fourth-order valence-electron chi connectivity index (χ4n) is 6.66. The molecule has 0 unspecified atom stereocenters. The molecule has 3 aliphatic rings. The van der Waals surface area contributed by atoms with Gasteiger partial charge in [0, 0.05) is 19.3 Å². The van der Waals surface area contributed by atoms with Crippen molar-refractivity contribution in [3.8, 4) is 0 Å².